The molecular formula is C28H34N4O2S. The highest BCUT2D eigenvalue weighted by Gasteiger charge is 2.25. The van der Waals surface area contributed by atoms with E-state index in [9.17, 15) is 4.79 Å². The number of piperidine rings is 1. The molecule has 2 fully saturated rings. The topological polar surface area (TPSA) is 48.9 Å². The second-order valence-corrected chi connectivity index (χ2v) is 10.9. The number of likely N-dealkylation sites (tertiary alicyclic amines) is 1. The van der Waals surface area contributed by atoms with Gasteiger partial charge in [-0.2, -0.15) is 0 Å². The summed E-state index contributed by atoms with van der Waals surface area (Å²) in [7, 11) is 0. The SMILES string of the molecule is Cc1ccc(C(=O)N2CCC(Oc3cccc(CN4CCN(Cc5cccnc5)CC4)c3)CC2)s1. The summed E-state index contributed by atoms with van der Waals surface area (Å²) in [5, 5.41) is 0. The monoisotopic (exact) mass is 490 g/mol. The molecule has 0 N–H and O–H groups in total. The number of pyridine rings is 1. The van der Waals surface area contributed by atoms with Crippen LogP contribution in [0.1, 0.15) is 38.5 Å². The molecule has 2 aliphatic heterocycles. The first-order valence-electron chi connectivity index (χ1n) is 12.6. The standard InChI is InChI=1S/C28H34N4O2S/c1-22-7-8-27(35-22)28(33)32-12-9-25(10-13-32)34-26-6-2-4-23(18-26)20-30-14-16-31(17-15-30)21-24-5-3-11-29-19-24/h2-8,11,18-19,25H,9-10,12-17,20-21H2,1H3. The number of amides is 1. The Balaban J connectivity index is 1.07. The van der Waals surface area contributed by atoms with Crippen molar-refractivity contribution in [3.05, 3.63) is 81.8 Å². The zero-order chi connectivity index (χ0) is 24.0. The van der Waals surface area contributed by atoms with Crippen LogP contribution in [0.15, 0.2) is 60.9 Å². The number of aryl methyl sites for hydroxylation is 1. The van der Waals surface area contributed by atoms with Gasteiger partial charge in [-0.3, -0.25) is 19.6 Å². The van der Waals surface area contributed by atoms with E-state index in [1.54, 1.807) is 11.3 Å². The number of carbonyl (C=O) groups is 1. The van der Waals surface area contributed by atoms with Crippen molar-refractivity contribution in [3.63, 3.8) is 0 Å². The lowest BCUT2D eigenvalue weighted by Gasteiger charge is -2.35. The Bertz CT molecular complexity index is 1100. The molecule has 0 bridgehead atoms. The first-order valence-corrected chi connectivity index (χ1v) is 13.4. The van der Waals surface area contributed by atoms with Gasteiger partial charge in [0.2, 0.25) is 0 Å². The molecule has 5 rings (SSSR count). The maximum absolute atomic E-state index is 12.7. The van der Waals surface area contributed by atoms with Gasteiger partial charge < -0.3 is 9.64 Å². The lowest BCUT2D eigenvalue weighted by Crippen LogP contribution is -2.45. The third-order valence-electron chi connectivity index (χ3n) is 6.88. The fourth-order valence-corrected chi connectivity index (χ4v) is 5.74. The van der Waals surface area contributed by atoms with Gasteiger partial charge in [0.1, 0.15) is 11.9 Å². The fraction of sp³-hybridized carbons (Fsp3) is 0.429. The number of benzene rings is 1. The average molecular weight is 491 g/mol. The summed E-state index contributed by atoms with van der Waals surface area (Å²) in [6.45, 7) is 9.77. The van der Waals surface area contributed by atoms with Crippen molar-refractivity contribution in [3.8, 4) is 5.75 Å². The molecule has 2 saturated heterocycles. The van der Waals surface area contributed by atoms with Crippen molar-refractivity contribution >= 4 is 17.2 Å². The van der Waals surface area contributed by atoms with E-state index in [0.29, 0.717) is 0 Å². The zero-order valence-corrected chi connectivity index (χ0v) is 21.3. The number of carbonyl (C=O) groups excluding carboxylic acids is 1. The predicted molar refractivity (Wildman–Crippen MR) is 140 cm³/mol. The van der Waals surface area contributed by atoms with Crippen molar-refractivity contribution in [2.24, 2.45) is 0 Å². The molecule has 7 heteroatoms. The maximum atomic E-state index is 12.7. The Morgan fingerprint density at radius 1 is 0.943 bits per heavy atom. The van der Waals surface area contributed by atoms with E-state index in [4.69, 9.17) is 4.74 Å². The highest BCUT2D eigenvalue weighted by molar-refractivity contribution is 7.13. The molecule has 0 radical (unpaired) electrons. The summed E-state index contributed by atoms with van der Waals surface area (Å²) in [6, 6.07) is 16.7. The van der Waals surface area contributed by atoms with Crippen LogP contribution >= 0.6 is 11.3 Å². The number of hydrogen-bond acceptors (Lipinski definition) is 6. The number of piperazine rings is 1. The number of nitrogens with zero attached hydrogens (tertiary/aromatic N) is 4. The van der Waals surface area contributed by atoms with Crippen LogP contribution in [0.25, 0.3) is 0 Å². The number of aromatic nitrogens is 1. The highest BCUT2D eigenvalue weighted by Crippen LogP contribution is 2.24. The molecule has 4 heterocycles. The van der Waals surface area contributed by atoms with E-state index in [1.165, 1.54) is 16.0 Å². The van der Waals surface area contributed by atoms with Crippen molar-refractivity contribution < 1.29 is 9.53 Å². The lowest BCUT2D eigenvalue weighted by atomic mass is 10.1. The van der Waals surface area contributed by atoms with E-state index >= 15 is 0 Å². The van der Waals surface area contributed by atoms with Gasteiger partial charge in [0.15, 0.2) is 0 Å². The van der Waals surface area contributed by atoms with E-state index in [-0.39, 0.29) is 12.0 Å². The molecule has 2 aliphatic rings. The molecule has 2 aromatic heterocycles. The molecule has 0 saturated carbocycles. The second-order valence-electron chi connectivity index (χ2n) is 9.58. The van der Waals surface area contributed by atoms with Gasteiger partial charge in [0, 0.05) is 82.5 Å². The van der Waals surface area contributed by atoms with Gasteiger partial charge in [0.25, 0.3) is 5.91 Å². The summed E-state index contributed by atoms with van der Waals surface area (Å²) >= 11 is 1.58. The van der Waals surface area contributed by atoms with Crippen molar-refractivity contribution in [1.29, 1.82) is 0 Å². The van der Waals surface area contributed by atoms with Crippen molar-refractivity contribution in [1.82, 2.24) is 19.7 Å². The Morgan fingerprint density at radius 2 is 1.66 bits per heavy atom. The molecule has 0 spiro atoms. The van der Waals surface area contributed by atoms with Crippen LogP contribution in [0.3, 0.4) is 0 Å². The summed E-state index contributed by atoms with van der Waals surface area (Å²) in [5.41, 5.74) is 2.58. The largest absolute Gasteiger partial charge is 0.490 e. The minimum absolute atomic E-state index is 0.157. The number of thiophene rings is 1. The molecule has 0 atom stereocenters. The minimum atomic E-state index is 0.157. The van der Waals surface area contributed by atoms with Crippen LogP contribution in [-0.4, -0.2) is 71.0 Å². The smallest absolute Gasteiger partial charge is 0.263 e. The van der Waals surface area contributed by atoms with Crippen LogP contribution in [0.4, 0.5) is 0 Å². The molecule has 184 valence electrons. The van der Waals surface area contributed by atoms with E-state index in [2.05, 4.69) is 45.1 Å². The molecule has 35 heavy (non-hydrogen) atoms. The summed E-state index contributed by atoms with van der Waals surface area (Å²) in [5.74, 6) is 1.10. The quantitative estimate of drug-likeness (QED) is 0.490. The predicted octanol–water partition coefficient (Wildman–Crippen LogP) is 4.45. The molecule has 1 aromatic carbocycles. The Morgan fingerprint density at radius 3 is 2.31 bits per heavy atom. The van der Waals surface area contributed by atoms with Gasteiger partial charge in [-0.25, -0.2) is 0 Å². The Labute approximate surface area is 212 Å². The van der Waals surface area contributed by atoms with Crippen LogP contribution in [0.5, 0.6) is 5.75 Å². The summed E-state index contributed by atoms with van der Waals surface area (Å²) in [4.78, 5) is 26.0. The number of hydrogen-bond donors (Lipinski definition) is 0. The third-order valence-corrected chi connectivity index (χ3v) is 7.87. The summed E-state index contributed by atoms with van der Waals surface area (Å²) < 4.78 is 6.34. The first kappa shape index (κ1) is 24.0. The van der Waals surface area contributed by atoms with E-state index in [0.717, 1.165) is 75.8 Å². The maximum Gasteiger partial charge on any atom is 0.263 e. The van der Waals surface area contributed by atoms with Crippen LogP contribution in [0.2, 0.25) is 0 Å². The van der Waals surface area contributed by atoms with Gasteiger partial charge in [-0.1, -0.05) is 18.2 Å². The highest BCUT2D eigenvalue weighted by atomic mass is 32.1. The van der Waals surface area contributed by atoms with Crippen molar-refractivity contribution in [2.75, 3.05) is 39.3 Å². The molecular weight excluding hydrogens is 456 g/mol. The van der Waals surface area contributed by atoms with Gasteiger partial charge >= 0.3 is 0 Å². The number of rotatable bonds is 7. The molecule has 1 amide bonds. The lowest BCUT2D eigenvalue weighted by molar-refractivity contribution is 0.0599. The van der Waals surface area contributed by atoms with E-state index < -0.39 is 0 Å². The Kier molecular flexibility index (Phi) is 7.76. The molecule has 6 nitrogen and oxygen atoms in total. The second kappa shape index (κ2) is 11.3. The van der Waals surface area contributed by atoms with E-state index in [1.807, 2.05) is 42.4 Å². The van der Waals surface area contributed by atoms with Crippen LogP contribution in [0, 0.1) is 6.92 Å². The van der Waals surface area contributed by atoms with Gasteiger partial charge in [0.05, 0.1) is 4.88 Å². The normalized spacial score (nSPS) is 18.0. The third kappa shape index (κ3) is 6.48. The van der Waals surface area contributed by atoms with Crippen LogP contribution in [-0.2, 0) is 13.1 Å². The fourth-order valence-electron chi connectivity index (χ4n) is 4.91. The minimum Gasteiger partial charge on any atom is -0.490 e. The van der Waals surface area contributed by atoms with Gasteiger partial charge in [-0.05, 0) is 48.4 Å². The average Bonchev–Trinajstić information content (AvgIpc) is 3.32. The van der Waals surface area contributed by atoms with Crippen molar-refractivity contribution in [2.45, 2.75) is 39.0 Å². The van der Waals surface area contributed by atoms with Crippen LogP contribution < -0.4 is 4.74 Å². The molecule has 0 aliphatic carbocycles. The zero-order valence-electron chi connectivity index (χ0n) is 20.4. The molecule has 3 aromatic rings. The Hall–Kier alpha value is -2.74. The molecule has 0 unspecified atom stereocenters. The summed E-state index contributed by atoms with van der Waals surface area (Å²) in [6.07, 6.45) is 5.70. The number of ether oxygens (including phenoxy) is 1. The first-order chi connectivity index (χ1) is 17.1. The van der Waals surface area contributed by atoms with Gasteiger partial charge in [-0.15, -0.1) is 11.3 Å².